The molecule has 2 aromatic heterocycles. The van der Waals surface area contributed by atoms with Gasteiger partial charge in [0.2, 0.25) is 16.0 Å². The number of nitrogens with zero attached hydrogens (tertiary/aromatic N) is 5. The van der Waals surface area contributed by atoms with Crippen LogP contribution in [-0.2, 0) is 17.1 Å². The number of nitrogen functional groups attached to an aromatic ring is 1. The predicted octanol–water partition coefficient (Wildman–Crippen LogP) is 0.944. The van der Waals surface area contributed by atoms with Crippen molar-refractivity contribution in [2.45, 2.75) is 10.9 Å². The van der Waals surface area contributed by atoms with Gasteiger partial charge in [0.05, 0.1) is 28.4 Å². The average molecular weight is 385 g/mol. The molecule has 3 heterocycles. The summed E-state index contributed by atoms with van der Waals surface area (Å²) in [6.45, 7) is 0.722. The van der Waals surface area contributed by atoms with E-state index in [0.29, 0.717) is 35.4 Å². The molecule has 0 aliphatic carbocycles. The van der Waals surface area contributed by atoms with Gasteiger partial charge < -0.3 is 11.1 Å². The van der Waals surface area contributed by atoms with Crippen LogP contribution in [0.15, 0.2) is 53.7 Å². The van der Waals surface area contributed by atoms with E-state index in [1.807, 2.05) is 0 Å². The number of aryl methyl sites for hydroxylation is 1. The first kappa shape index (κ1) is 17.4. The predicted molar refractivity (Wildman–Crippen MR) is 101 cm³/mol. The maximum atomic E-state index is 12.5. The molecule has 1 aliphatic heterocycles. The molecule has 1 saturated heterocycles. The molecule has 140 valence electrons. The molecular weight excluding hydrogens is 366 g/mol. The van der Waals surface area contributed by atoms with Crippen molar-refractivity contribution in [1.82, 2.24) is 24.1 Å². The molecule has 9 nitrogen and oxygen atoms in total. The number of nitrogens with two attached hydrogens (primary N) is 1. The van der Waals surface area contributed by atoms with Crippen LogP contribution >= 0.6 is 0 Å². The van der Waals surface area contributed by atoms with Crippen LogP contribution in [0.5, 0.6) is 0 Å². The summed E-state index contributed by atoms with van der Waals surface area (Å²) < 4.78 is 28.1. The van der Waals surface area contributed by atoms with Crippen molar-refractivity contribution in [1.29, 1.82) is 0 Å². The zero-order valence-corrected chi connectivity index (χ0v) is 15.5. The topological polar surface area (TPSA) is 119 Å². The Labute approximate surface area is 156 Å². The summed E-state index contributed by atoms with van der Waals surface area (Å²) in [6.07, 6.45) is 3.28. The summed E-state index contributed by atoms with van der Waals surface area (Å²) in [5.74, 6) is 0.945. The zero-order chi connectivity index (χ0) is 19.0. The molecular formula is C17H19N7O2S. The van der Waals surface area contributed by atoms with Gasteiger partial charge in [-0.1, -0.05) is 18.2 Å². The third kappa shape index (κ3) is 3.24. The molecule has 1 aromatic carbocycles. The Morgan fingerprint density at radius 3 is 2.59 bits per heavy atom. The van der Waals surface area contributed by atoms with Gasteiger partial charge in [-0.05, 0) is 18.2 Å². The SMILES string of the molecule is Cn1ncc(-c2ccnc(NC3CN(S(=O)(=O)c4ccccc4)C3)n2)c1N. The molecule has 1 aliphatic rings. The Morgan fingerprint density at radius 2 is 1.93 bits per heavy atom. The first-order valence-electron chi connectivity index (χ1n) is 8.38. The van der Waals surface area contributed by atoms with Gasteiger partial charge in [0.1, 0.15) is 5.82 Å². The number of aromatic nitrogens is 4. The Bertz CT molecular complexity index is 1060. The molecule has 3 aromatic rings. The van der Waals surface area contributed by atoms with Crippen LogP contribution in [0.2, 0.25) is 0 Å². The van der Waals surface area contributed by atoms with Crippen LogP contribution in [0.25, 0.3) is 11.3 Å². The van der Waals surface area contributed by atoms with Crippen molar-refractivity contribution >= 4 is 21.8 Å². The zero-order valence-electron chi connectivity index (χ0n) is 14.6. The molecule has 0 spiro atoms. The molecule has 27 heavy (non-hydrogen) atoms. The van der Waals surface area contributed by atoms with Crippen LogP contribution in [-0.4, -0.2) is 51.6 Å². The number of nitrogens with one attached hydrogen (secondary N) is 1. The summed E-state index contributed by atoms with van der Waals surface area (Å²) in [5, 5.41) is 7.29. The quantitative estimate of drug-likeness (QED) is 0.671. The number of sulfonamides is 1. The highest BCUT2D eigenvalue weighted by molar-refractivity contribution is 7.89. The molecule has 1 fully saturated rings. The van der Waals surface area contributed by atoms with E-state index in [-0.39, 0.29) is 6.04 Å². The second kappa shape index (κ2) is 6.63. The highest BCUT2D eigenvalue weighted by Crippen LogP contribution is 2.25. The molecule has 0 bridgehead atoms. The first-order chi connectivity index (χ1) is 12.9. The maximum absolute atomic E-state index is 12.5. The van der Waals surface area contributed by atoms with Crippen molar-refractivity contribution in [3.8, 4) is 11.3 Å². The Kier molecular flexibility index (Phi) is 4.28. The van der Waals surface area contributed by atoms with Crippen LogP contribution in [0.3, 0.4) is 0 Å². The number of anilines is 2. The van der Waals surface area contributed by atoms with Gasteiger partial charge in [-0.25, -0.2) is 18.4 Å². The van der Waals surface area contributed by atoms with Crippen molar-refractivity contribution in [2.24, 2.45) is 7.05 Å². The van der Waals surface area contributed by atoms with Gasteiger partial charge in [0, 0.05) is 26.3 Å². The lowest BCUT2D eigenvalue weighted by molar-refractivity contribution is 0.280. The third-order valence-corrected chi connectivity index (χ3v) is 6.32. The summed E-state index contributed by atoms with van der Waals surface area (Å²) >= 11 is 0. The van der Waals surface area contributed by atoms with Crippen molar-refractivity contribution in [3.05, 3.63) is 48.8 Å². The van der Waals surface area contributed by atoms with Gasteiger partial charge >= 0.3 is 0 Å². The van der Waals surface area contributed by atoms with Crippen LogP contribution in [0, 0.1) is 0 Å². The van der Waals surface area contributed by atoms with E-state index in [9.17, 15) is 8.42 Å². The first-order valence-corrected chi connectivity index (χ1v) is 9.82. The second-order valence-corrected chi connectivity index (χ2v) is 8.25. The summed E-state index contributed by atoms with van der Waals surface area (Å²) in [7, 11) is -1.70. The molecule has 4 rings (SSSR count). The number of hydrogen-bond donors (Lipinski definition) is 2. The van der Waals surface area contributed by atoms with E-state index in [4.69, 9.17) is 5.73 Å². The van der Waals surface area contributed by atoms with E-state index >= 15 is 0 Å². The van der Waals surface area contributed by atoms with E-state index in [0.717, 1.165) is 5.56 Å². The fraction of sp³-hybridized carbons (Fsp3) is 0.235. The minimum Gasteiger partial charge on any atom is -0.383 e. The molecule has 0 amide bonds. The highest BCUT2D eigenvalue weighted by Gasteiger charge is 2.37. The lowest BCUT2D eigenvalue weighted by Crippen LogP contribution is -2.56. The van der Waals surface area contributed by atoms with Crippen molar-refractivity contribution < 1.29 is 8.42 Å². The van der Waals surface area contributed by atoms with Crippen molar-refractivity contribution in [3.63, 3.8) is 0 Å². The smallest absolute Gasteiger partial charge is 0.243 e. The minimum atomic E-state index is -3.46. The molecule has 0 radical (unpaired) electrons. The molecule has 0 unspecified atom stereocenters. The fourth-order valence-corrected chi connectivity index (χ4v) is 4.42. The summed E-state index contributed by atoms with van der Waals surface area (Å²) in [5.41, 5.74) is 7.38. The second-order valence-electron chi connectivity index (χ2n) is 6.31. The number of hydrogen-bond acceptors (Lipinski definition) is 7. The average Bonchev–Trinajstić information content (AvgIpc) is 2.98. The lowest BCUT2D eigenvalue weighted by Gasteiger charge is -2.38. The van der Waals surface area contributed by atoms with Crippen LogP contribution < -0.4 is 11.1 Å². The van der Waals surface area contributed by atoms with Gasteiger partial charge in [-0.3, -0.25) is 4.68 Å². The standard InChI is InChI=1S/C17H19N7O2S/c1-23-16(18)14(9-20-23)15-7-8-19-17(22-15)21-12-10-24(11-12)27(25,26)13-5-3-2-4-6-13/h2-9,12H,10-11,18H2,1H3,(H,19,21,22). The van der Waals surface area contributed by atoms with E-state index in [1.54, 1.807) is 60.5 Å². The monoisotopic (exact) mass is 385 g/mol. The Morgan fingerprint density at radius 1 is 1.19 bits per heavy atom. The molecule has 10 heteroatoms. The maximum Gasteiger partial charge on any atom is 0.243 e. The normalized spacial score (nSPS) is 15.4. The Balaban J connectivity index is 1.44. The highest BCUT2D eigenvalue weighted by atomic mass is 32.2. The minimum absolute atomic E-state index is 0.0509. The van der Waals surface area contributed by atoms with Crippen LogP contribution in [0.1, 0.15) is 0 Å². The molecule has 0 saturated carbocycles. The van der Waals surface area contributed by atoms with Gasteiger partial charge in [0.25, 0.3) is 0 Å². The van der Waals surface area contributed by atoms with E-state index < -0.39 is 10.0 Å². The lowest BCUT2D eigenvalue weighted by atomic mass is 10.2. The number of rotatable bonds is 5. The van der Waals surface area contributed by atoms with Crippen molar-refractivity contribution in [2.75, 3.05) is 24.1 Å². The molecule has 3 N–H and O–H groups in total. The molecule has 0 atom stereocenters. The van der Waals surface area contributed by atoms with Gasteiger partial charge in [-0.2, -0.15) is 9.40 Å². The fourth-order valence-electron chi connectivity index (χ4n) is 2.87. The largest absolute Gasteiger partial charge is 0.383 e. The van der Waals surface area contributed by atoms with Gasteiger partial charge in [-0.15, -0.1) is 0 Å². The number of benzene rings is 1. The summed E-state index contributed by atoms with van der Waals surface area (Å²) in [6, 6.07) is 10.1. The van der Waals surface area contributed by atoms with E-state index in [1.165, 1.54) is 4.31 Å². The van der Waals surface area contributed by atoms with Crippen LogP contribution in [0.4, 0.5) is 11.8 Å². The third-order valence-electron chi connectivity index (χ3n) is 4.48. The summed E-state index contributed by atoms with van der Waals surface area (Å²) in [4.78, 5) is 8.97. The van der Waals surface area contributed by atoms with Gasteiger partial charge in [0.15, 0.2) is 0 Å². The Hall–Kier alpha value is -2.98. The van der Waals surface area contributed by atoms with E-state index in [2.05, 4.69) is 20.4 Å².